The molecule has 0 aliphatic carbocycles. The van der Waals surface area contributed by atoms with Crippen molar-refractivity contribution >= 4 is 68.8 Å². The SMILES string of the molecule is [2H]c1c([2H])c([2H])c(-c2cccc(-c3cc(-c4cccc(C(C)(C)C)c4)cc(C(C)(C)C)c3)c2N2[CH-]N(c3[c-]c(Oc4[c-]c5c(cc4)[Si]4(c6ccc(C)cc6-c6cc(C)ccc64)c4ccccc4N5c4cc(C(C)(C)C)ccn4)ccc3)c3ccccc32)c([2H])c1[2H].[Pt]. The van der Waals surface area contributed by atoms with E-state index in [4.69, 9.17) is 13.8 Å². The molecule has 10 aromatic carbocycles. The minimum Gasteiger partial charge on any atom is -0.509 e. The number of benzene rings is 10. The molecule has 0 unspecified atom stereocenters. The number of para-hydroxylation sites is 4. The predicted molar refractivity (Wildman–Crippen MR) is 363 cm³/mol. The Morgan fingerprint density at radius 2 is 1.03 bits per heavy atom. The van der Waals surface area contributed by atoms with Gasteiger partial charge in [-0.1, -0.05) is 231 Å². The van der Waals surface area contributed by atoms with E-state index in [0.29, 0.717) is 28.4 Å². The fourth-order valence-electron chi connectivity index (χ4n) is 13.0. The zero-order valence-electron chi connectivity index (χ0n) is 56.1. The summed E-state index contributed by atoms with van der Waals surface area (Å²) in [5.41, 5.74) is 17.5. The molecule has 3 aliphatic heterocycles. The van der Waals surface area contributed by atoms with Gasteiger partial charge in [-0.25, -0.2) is 4.98 Å². The monoisotopic (exact) mass is 1330 g/mol. The largest absolute Gasteiger partial charge is 0.509 e. The van der Waals surface area contributed by atoms with Gasteiger partial charge in [-0.15, -0.1) is 47.9 Å². The summed E-state index contributed by atoms with van der Waals surface area (Å²) in [6.45, 7) is 26.4. The van der Waals surface area contributed by atoms with Gasteiger partial charge in [0.25, 0.3) is 0 Å². The van der Waals surface area contributed by atoms with Crippen LogP contribution in [0.5, 0.6) is 11.5 Å². The average Bonchev–Trinajstić information content (AvgIpc) is 1.66. The van der Waals surface area contributed by atoms with Crippen molar-refractivity contribution in [2.75, 3.05) is 14.7 Å². The van der Waals surface area contributed by atoms with Crippen molar-refractivity contribution in [3.8, 4) is 56.0 Å². The molecular weight excluding hydrogens is 1260 g/mol. The molecule has 14 rings (SSSR count). The molecule has 0 saturated heterocycles. The smallest absolute Gasteiger partial charge is 0.135 e. The van der Waals surface area contributed by atoms with E-state index in [1.807, 2.05) is 55.3 Å². The van der Waals surface area contributed by atoms with Gasteiger partial charge in [-0.3, -0.25) is 0 Å². The van der Waals surface area contributed by atoms with E-state index in [0.717, 1.165) is 56.4 Å². The molecule has 0 fully saturated rings. The van der Waals surface area contributed by atoms with Crippen LogP contribution in [0.2, 0.25) is 0 Å². The molecule has 0 radical (unpaired) electrons. The summed E-state index contributed by atoms with van der Waals surface area (Å²) in [7, 11) is -3.02. The maximum Gasteiger partial charge on any atom is 0.135 e. The molecule has 1 aromatic heterocycles. The van der Waals surface area contributed by atoms with E-state index in [2.05, 4.69) is 249 Å². The molecule has 4 heterocycles. The summed E-state index contributed by atoms with van der Waals surface area (Å²) in [6, 6.07) is 72.8. The summed E-state index contributed by atoms with van der Waals surface area (Å²) in [4.78, 5) is 11.6. The van der Waals surface area contributed by atoms with E-state index in [-0.39, 0.29) is 55.0 Å². The van der Waals surface area contributed by atoms with E-state index >= 15 is 0 Å². The van der Waals surface area contributed by atoms with Gasteiger partial charge < -0.3 is 19.4 Å². The summed E-state index contributed by atoms with van der Waals surface area (Å²) >= 11 is 0. The van der Waals surface area contributed by atoms with E-state index in [1.165, 1.54) is 54.1 Å². The van der Waals surface area contributed by atoms with Crippen LogP contribution < -0.4 is 40.2 Å². The fraction of sp³-hybridized carbons (Fsp3) is 0.175. The number of nitrogens with zero attached hydrogens (tertiary/aromatic N) is 4. The average molecular weight is 1330 g/mol. The molecular formula is C80H71N4OPtSi-3. The molecule has 3 aliphatic rings. The van der Waals surface area contributed by atoms with Crippen LogP contribution in [0.1, 0.15) is 97.0 Å². The van der Waals surface area contributed by atoms with Crippen LogP contribution in [0, 0.1) is 32.6 Å². The zero-order chi connectivity index (χ0) is 63.8. The minimum atomic E-state index is -3.02. The number of aryl methyl sites for hydroxylation is 2. The Morgan fingerprint density at radius 3 is 1.72 bits per heavy atom. The van der Waals surface area contributed by atoms with Crippen LogP contribution in [0.4, 0.5) is 39.9 Å². The zero-order valence-corrected chi connectivity index (χ0v) is 54.3. The Kier molecular flexibility index (Phi) is 12.9. The van der Waals surface area contributed by atoms with Crippen LogP contribution in [0.3, 0.4) is 0 Å². The van der Waals surface area contributed by atoms with Crippen molar-refractivity contribution in [1.29, 1.82) is 0 Å². The van der Waals surface area contributed by atoms with Crippen molar-refractivity contribution in [2.45, 2.75) is 92.4 Å². The second kappa shape index (κ2) is 21.7. The van der Waals surface area contributed by atoms with Crippen molar-refractivity contribution < 1.29 is 32.7 Å². The number of rotatable bonds is 8. The first-order valence-electron chi connectivity index (χ1n) is 32.3. The van der Waals surface area contributed by atoms with Gasteiger partial charge in [0.1, 0.15) is 13.9 Å². The van der Waals surface area contributed by atoms with E-state index in [1.54, 1.807) is 0 Å². The second-order valence-corrected chi connectivity index (χ2v) is 30.0. The Balaban J connectivity index is 0.00000773. The van der Waals surface area contributed by atoms with Gasteiger partial charge in [-0.05, 0) is 132 Å². The summed E-state index contributed by atoms with van der Waals surface area (Å²) < 4.78 is 52.4. The van der Waals surface area contributed by atoms with E-state index < -0.39 is 26.2 Å². The molecule has 0 amide bonds. The van der Waals surface area contributed by atoms with Crippen molar-refractivity contribution in [3.05, 3.63) is 271 Å². The Labute approximate surface area is 537 Å². The fourth-order valence-corrected chi connectivity index (χ4v) is 18.5. The van der Waals surface area contributed by atoms with Gasteiger partial charge in [0.05, 0.1) is 6.85 Å². The van der Waals surface area contributed by atoms with Gasteiger partial charge in [-0.2, -0.15) is 12.1 Å². The van der Waals surface area contributed by atoms with Crippen LogP contribution >= 0.6 is 0 Å². The first-order chi connectivity index (χ1) is 43.4. The summed E-state index contributed by atoms with van der Waals surface area (Å²) in [5, 5.41) is 5.21. The molecule has 0 bridgehead atoms. The van der Waals surface area contributed by atoms with Crippen LogP contribution in [0.15, 0.2) is 224 Å². The van der Waals surface area contributed by atoms with E-state index in [9.17, 15) is 2.74 Å². The maximum absolute atomic E-state index is 9.43. The normalized spacial score (nSPS) is 14.6. The number of hydrogen-bond acceptors (Lipinski definition) is 5. The predicted octanol–water partition coefficient (Wildman–Crippen LogP) is 18.5. The minimum absolute atomic E-state index is 0. The first kappa shape index (κ1) is 51.7. The van der Waals surface area contributed by atoms with Crippen molar-refractivity contribution in [1.82, 2.24) is 4.98 Å². The maximum atomic E-state index is 9.43. The third-order valence-electron chi connectivity index (χ3n) is 17.4. The molecule has 434 valence electrons. The number of ether oxygens (including phenoxy) is 1. The molecule has 0 saturated carbocycles. The number of pyridine rings is 1. The van der Waals surface area contributed by atoms with Gasteiger partial charge in [0.15, 0.2) is 0 Å². The third kappa shape index (κ3) is 9.96. The Bertz CT molecular complexity index is 4730. The molecule has 0 N–H and O–H groups in total. The Hall–Kier alpha value is -8.54. The molecule has 1 spiro atoms. The van der Waals surface area contributed by atoms with Crippen molar-refractivity contribution in [3.63, 3.8) is 0 Å². The van der Waals surface area contributed by atoms with Crippen LogP contribution in [0.25, 0.3) is 44.5 Å². The quantitative estimate of drug-likeness (QED) is 0.112. The van der Waals surface area contributed by atoms with Crippen LogP contribution in [-0.4, -0.2) is 13.1 Å². The molecule has 11 aromatic rings. The number of anilines is 7. The Morgan fingerprint density at radius 1 is 0.460 bits per heavy atom. The first-order valence-corrected chi connectivity index (χ1v) is 31.8. The van der Waals surface area contributed by atoms with Gasteiger partial charge >= 0.3 is 0 Å². The van der Waals surface area contributed by atoms with Gasteiger partial charge in [0.2, 0.25) is 0 Å². The standard InChI is InChI=1S/C80H71N4OSi.Pt/c1-52-34-37-72-66(42-52)67-43-53(2)35-38-73(67)86(72)74-33-18-17-32-70(74)84(76-48-59(40-41-81-76)79(6,7)8)71-50-63(36-39-75(71)86)85-62-27-20-26-61(49-62)82-51-83(69-31-16-15-30-68(69)82)77-64(54-22-13-12-14-23-54)28-21-29-65(77)57-44-56(46-60(47-57)80(9,10)11)55-24-19-25-58(45-55)78(3,4)5;/h12-48,51H,1-11H3;/q-3;/i12D,13D,14D,22D,23D;. The van der Waals surface area contributed by atoms with Gasteiger partial charge in [0, 0.05) is 72.6 Å². The topological polar surface area (TPSA) is 31.8 Å². The second-order valence-electron chi connectivity index (χ2n) is 26.4. The molecule has 0 atom stereocenters. The summed E-state index contributed by atoms with van der Waals surface area (Å²) in [6.07, 6.45) is 1.92. The summed E-state index contributed by atoms with van der Waals surface area (Å²) in [5.74, 6) is 1.80. The molecule has 7 heteroatoms. The molecule has 87 heavy (non-hydrogen) atoms. The number of aromatic nitrogens is 1. The number of hydrogen-bond donors (Lipinski definition) is 0. The third-order valence-corrected chi connectivity index (χ3v) is 22.4. The van der Waals surface area contributed by atoms with Crippen LogP contribution in [-0.2, 0) is 37.3 Å². The molecule has 5 nitrogen and oxygen atoms in total. The van der Waals surface area contributed by atoms with Crippen molar-refractivity contribution in [2.24, 2.45) is 0 Å². The number of fused-ring (bicyclic) bond motifs is 10.